The highest BCUT2D eigenvalue weighted by Crippen LogP contribution is 1.99. The Labute approximate surface area is 95.9 Å². The molecule has 3 nitrogen and oxygen atoms in total. The SMILES string of the molecule is CC(C)C(=O)N/N=C\C=C\c1ccccc1. The average molecular weight is 216 g/mol. The molecule has 0 bridgehead atoms. The van der Waals surface area contributed by atoms with E-state index in [1.165, 1.54) is 0 Å². The highest BCUT2D eigenvalue weighted by molar-refractivity contribution is 5.82. The van der Waals surface area contributed by atoms with Crippen LogP contribution in [0.5, 0.6) is 0 Å². The zero-order valence-electron chi connectivity index (χ0n) is 9.55. The number of allylic oxidation sites excluding steroid dienone is 1. The molecule has 0 heterocycles. The zero-order valence-corrected chi connectivity index (χ0v) is 9.55. The molecule has 0 saturated carbocycles. The summed E-state index contributed by atoms with van der Waals surface area (Å²) in [7, 11) is 0. The number of benzene rings is 1. The smallest absolute Gasteiger partial charge is 0.242 e. The minimum Gasteiger partial charge on any atom is -0.273 e. The van der Waals surface area contributed by atoms with Gasteiger partial charge in [0, 0.05) is 12.1 Å². The van der Waals surface area contributed by atoms with E-state index in [-0.39, 0.29) is 11.8 Å². The molecule has 1 N–H and O–H groups in total. The fourth-order valence-electron chi connectivity index (χ4n) is 0.991. The third-order valence-electron chi connectivity index (χ3n) is 1.95. The average Bonchev–Trinajstić information content (AvgIpc) is 2.29. The number of carbonyl (C=O) groups is 1. The van der Waals surface area contributed by atoms with Crippen LogP contribution in [0.4, 0.5) is 0 Å². The standard InChI is InChI=1S/C13H16N2O/c1-11(2)13(16)15-14-10-6-9-12-7-4-3-5-8-12/h3-11H,1-2H3,(H,15,16)/b9-6+,14-10-. The maximum Gasteiger partial charge on any atom is 0.242 e. The van der Waals surface area contributed by atoms with E-state index in [0.29, 0.717) is 0 Å². The normalized spacial score (nSPS) is 11.4. The van der Waals surface area contributed by atoms with Gasteiger partial charge in [0.1, 0.15) is 0 Å². The van der Waals surface area contributed by atoms with E-state index < -0.39 is 0 Å². The third kappa shape index (κ3) is 4.55. The van der Waals surface area contributed by atoms with E-state index >= 15 is 0 Å². The van der Waals surface area contributed by atoms with Gasteiger partial charge in [-0.3, -0.25) is 4.79 Å². The molecule has 0 atom stereocenters. The van der Waals surface area contributed by atoms with Crippen molar-refractivity contribution in [2.45, 2.75) is 13.8 Å². The van der Waals surface area contributed by atoms with Crippen LogP contribution in [0.2, 0.25) is 0 Å². The summed E-state index contributed by atoms with van der Waals surface area (Å²) in [5.41, 5.74) is 3.55. The van der Waals surface area contributed by atoms with Gasteiger partial charge in [-0.1, -0.05) is 50.3 Å². The summed E-state index contributed by atoms with van der Waals surface area (Å²) < 4.78 is 0. The fraction of sp³-hybridized carbons (Fsp3) is 0.231. The Morgan fingerprint density at radius 3 is 2.62 bits per heavy atom. The van der Waals surface area contributed by atoms with Gasteiger partial charge >= 0.3 is 0 Å². The maximum absolute atomic E-state index is 11.1. The molecule has 0 radical (unpaired) electrons. The van der Waals surface area contributed by atoms with E-state index in [9.17, 15) is 4.79 Å². The van der Waals surface area contributed by atoms with Crippen LogP contribution < -0.4 is 5.43 Å². The Hall–Kier alpha value is -1.90. The van der Waals surface area contributed by atoms with E-state index in [1.54, 1.807) is 12.3 Å². The lowest BCUT2D eigenvalue weighted by Crippen LogP contribution is -2.22. The lowest BCUT2D eigenvalue weighted by atomic mass is 10.2. The molecule has 0 saturated heterocycles. The lowest BCUT2D eigenvalue weighted by molar-refractivity contribution is -0.123. The van der Waals surface area contributed by atoms with Crippen molar-refractivity contribution in [3.8, 4) is 0 Å². The van der Waals surface area contributed by atoms with Crippen LogP contribution in [0.1, 0.15) is 19.4 Å². The summed E-state index contributed by atoms with van der Waals surface area (Å²) in [5.74, 6) is -0.125. The summed E-state index contributed by atoms with van der Waals surface area (Å²) in [6.07, 6.45) is 5.27. The summed E-state index contributed by atoms with van der Waals surface area (Å²) in [4.78, 5) is 11.1. The molecule has 1 amide bonds. The van der Waals surface area contributed by atoms with Crippen LogP contribution in [-0.2, 0) is 4.79 Å². The molecule has 1 aromatic rings. The first-order valence-electron chi connectivity index (χ1n) is 5.25. The Balaban J connectivity index is 2.37. The van der Waals surface area contributed by atoms with E-state index in [4.69, 9.17) is 0 Å². The predicted octanol–water partition coefficient (Wildman–Crippen LogP) is 2.46. The molecule has 84 valence electrons. The molecular formula is C13H16N2O. The summed E-state index contributed by atoms with van der Waals surface area (Å²) in [5, 5.41) is 3.80. The van der Waals surface area contributed by atoms with Crippen molar-refractivity contribution in [1.82, 2.24) is 5.43 Å². The van der Waals surface area contributed by atoms with E-state index in [1.807, 2.05) is 50.3 Å². The second kappa shape index (κ2) is 6.56. The van der Waals surface area contributed by atoms with Gasteiger partial charge < -0.3 is 0 Å². The van der Waals surface area contributed by atoms with Crippen LogP contribution >= 0.6 is 0 Å². The summed E-state index contributed by atoms with van der Waals surface area (Å²) in [6.45, 7) is 3.65. The highest BCUT2D eigenvalue weighted by Gasteiger charge is 2.02. The van der Waals surface area contributed by atoms with Gasteiger partial charge in [0.25, 0.3) is 0 Å². The fourth-order valence-corrected chi connectivity index (χ4v) is 0.991. The van der Waals surface area contributed by atoms with Crippen LogP contribution in [-0.4, -0.2) is 12.1 Å². The quantitative estimate of drug-likeness (QED) is 0.609. The Morgan fingerprint density at radius 2 is 2.00 bits per heavy atom. The molecule has 0 aromatic heterocycles. The van der Waals surface area contributed by atoms with E-state index in [2.05, 4.69) is 10.5 Å². The molecule has 0 fully saturated rings. The molecule has 0 spiro atoms. The van der Waals surface area contributed by atoms with Gasteiger partial charge in [-0.2, -0.15) is 5.10 Å². The Kier molecular flexibility index (Phi) is 4.99. The number of nitrogens with zero attached hydrogens (tertiary/aromatic N) is 1. The largest absolute Gasteiger partial charge is 0.273 e. The third-order valence-corrected chi connectivity index (χ3v) is 1.95. The van der Waals surface area contributed by atoms with Gasteiger partial charge in [0.05, 0.1) is 0 Å². The van der Waals surface area contributed by atoms with Gasteiger partial charge in [-0.05, 0) is 11.6 Å². The predicted molar refractivity (Wildman–Crippen MR) is 66.9 cm³/mol. The van der Waals surface area contributed by atoms with Crippen molar-refractivity contribution in [2.75, 3.05) is 0 Å². The monoisotopic (exact) mass is 216 g/mol. The minimum atomic E-state index is -0.0793. The topological polar surface area (TPSA) is 41.5 Å². The summed E-state index contributed by atoms with van der Waals surface area (Å²) in [6, 6.07) is 9.90. The molecule has 0 unspecified atom stereocenters. The van der Waals surface area contributed by atoms with Crippen LogP contribution in [0.15, 0.2) is 41.5 Å². The lowest BCUT2D eigenvalue weighted by Gasteiger charge is -1.99. The maximum atomic E-state index is 11.1. The van der Waals surface area contributed by atoms with Crippen molar-refractivity contribution in [1.29, 1.82) is 0 Å². The molecular weight excluding hydrogens is 200 g/mol. The zero-order chi connectivity index (χ0) is 11.8. The first kappa shape index (κ1) is 12.2. The molecule has 3 heteroatoms. The van der Waals surface area contributed by atoms with Crippen LogP contribution in [0.25, 0.3) is 6.08 Å². The Morgan fingerprint density at radius 1 is 1.31 bits per heavy atom. The van der Waals surface area contributed by atoms with Crippen LogP contribution in [0, 0.1) is 5.92 Å². The van der Waals surface area contributed by atoms with Gasteiger partial charge in [0.15, 0.2) is 0 Å². The number of hydrogen-bond donors (Lipinski definition) is 1. The van der Waals surface area contributed by atoms with Crippen molar-refractivity contribution in [2.24, 2.45) is 11.0 Å². The molecule has 0 aliphatic heterocycles. The molecule has 0 aliphatic rings. The van der Waals surface area contributed by atoms with Crippen molar-refractivity contribution in [3.05, 3.63) is 42.0 Å². The Bertz CT molecular complexity index is 380. The van der Waals surface area contributed by atoms with Crippen molar-refractivity contribution >= 4 is 18.2 Å². The number of hydrazone groups is 1. The molecule has 16 heavy (non-hydrogen) atoms. The van der Waals surface area contributed by atoms with Gasteiger partial charge in [-0.25, -0.2) is 5.43 Å². The molecule has 1 rings (SSSR count). The van der Waals surface area contributed by atoms with Crippen molar-refractivity contribution < 1.29 is 4.79 Å². The first-order valence-corrected chi connectivity index (χ1v) is 5.25. The van der Waals surface area contributed by atoms with Gasteiger partial charge in [0.2, 0.25) is 5.91 Å². The second-order valence-corrected chi connectivity index (χ2v) is 3.68. The van der Waals surface area contributed by atoms with Crippen molar-refractivity contribution in [3.63, 3.8) is 0 Å². The van der Waals surface area contributed by atoms with Gasteiger partial charge in [-0.15, -0.1) is 0 Å². The number of hydrogen-bond acceptors (Lipinski definition) is 2. The minimum absolute atomic E-state index is 0.0461. The number of carbonyl (C=O) groups excluding carboxylic acids is 1. The molecule has 0 aliphatic carbocycles. The number of amides is 1. The first-order chi connectivity index (χ1) is 7.70. The van der Waals surface area contributed by atoms with Crippen LogP contribution in [0.3, 0.4) is 0 Å². The number of nitrogens with one attached hydrogen (secondary N) is 1. The highest BCUT2D eigenvalue weighted by atomic mass is 16.2. The number of rotatable bonds is 4. The summed E-state index contributed by atoms with van der Waals surface area (Å²) >= 11 is 0. The molecule has 1 aromatic carbocycles. The van der Waals surface area contributed by atoms with E-state index in [0.717, 1.165) is 5.56 Å². The second-order valence-electron chi connectivity index (χ2n) is 3.68.